The second-order valence-electron chi connectivity index (χ2n) is 5.53. The van der Waals surface area contributed by atoms with Crippen LogP contribution in [0.3, 0.4) is 0 Å². The van der Waals surface area contributed by atoms with Gasteiger partial charge in [-0.1, -0.05) is 41.4 Å². The number of hydrogen-bond donors (Lipinski definition) is 2. The third-order valence-corrected chi connectivity index (χ3v) is 4.08. The molecular formula is C17H16Cl2N2O2. The van der Waals surface area contributed by atoms with Gasteiger partial charge < -0.3 is 10.6 Å². The molecule has 0 aliphatic carbocycles. The summed E-state index contributed by atoms with van der Waals surface area (Å²) >= 11 is 11.8. The molecule has 2 rings (SSSR count). The Morgan fingerprint density at radius 2 is 1.39 bits per heavy atom. The predicted molar refractivity (Wildman–Crippen MR) is 93.9 cm³/mol. The Kier molecular flexibility index (Phi) is 5.29. The lowest BCUT2D eigenvalue weighted by Gasteiger charge is -2.22. The summed E-state index contributed by atoms with van der Waals surface area (Å²) in [5.74, 6) is -0.842. The Balaban J connectivity index is 2.09. The van der Waals surface area contributed by atoms with E-state index in [1.807, 2.05) is 6.07 Å². The van der Waals surface area contributed by atoms with E-state index in [0.717, 1.165) is 0 Å². The smallest absolute Gasteiger partial charge is 0.239 e. The van der Waals surface area contributed by atoms with Gasteiger partial charge in [-0.15, -0.1) is 0 Å². The van der Waals surface area contributed by atoms with E-state index >= 15 is 0 Å². The summed E-state index contributed by atoms with van der Waals surface area (Å²) in [7, 11) is 0. The van der Waals surface area contributed by atoms with Crippen molar-refractivity contribution in [3.05, 3.63) is 58.6 Å². The van der Waals surface area contributed by atoms with Crippen LogP contribution in [0.25, 0.3) is 0 Å². The van der Waals surface area contributed by atoms with Crippen LogP contribution < -0.4 is 10.6 Å². The maximum absolute atomic E-state index is 12.4. The summed E-state index contributed by atoms with van der Waals surface area (Å²) in [5.41, 5.74) is -0.153. The summed E-state index contributed by atoms with van der Waals surface area (Å²) in [5, 5.41) is 6.12. The van der Waals surface area contributed by atoms with Gasteiger partial charge in [0, 0.05) is 11.4 Å². The minimum atomic E-state index is -1.26. The topological polar surface area (TPSA) is 58.2 Å². The molecule has 23 heavy (non-hydrogen) atoms. The van der Waals surface area contributed by atoms with E-state index in [1.54, 1.807) is 50.2 Å². The van der Waals surface area contributed by atoms with Crippen LogP contribution in [0.1, 0.15) is 13.8 Å². The second-order valence-corrected chi connectivity index (χ2v) is 6.34. The number of benzene rings is 2. The summed E-state index contributed by atoms with van der Waals surface area (Å²) in [6.45, 7) is 3.11. The number of para-hydroxylation sites is 1. The zero-order chi connectivity index (χ0) is 17.0. The van der Waals surface area contributed by atoms with Gasteiger partial charge in [-0.2, -0.15) is 0 Å². The molecule has 0 aliphatic rings. The van der Waals surface area contributed by atoms with Gasteiger partial charge in [-0.05, 0) is 44.2 Å². The fourth-order valence-corrected chi connectivity index (χ4v) is 2.07. The first-order chi connectivity index (χ1) is 10.8. The maximum atomic E-state index is 12.4. The monoisotopic (exact) mass is 350 g/mol. The number of halogens is 2. The predicted octanol–water partition coefficient (Wildman–Crippen LogP) is 4.60. The van der Waals surface area contributed by atoms with E-state index in [4.69, 9.17) is 23.2 Å². The average molecular weight is 351 g/mol. The molecule has 0 radical (unpaired) electrons. The van der Waals surface area contributed by atoms with Gasteiger partial charge in [-0.3, -0.25) is 9.59 Å². The molecule has 0 spiro atoms. The molecular weight excluding hydrogens is 335 g/mol. The van der Waals surface area contributed by atoms with Crippen LogP contribution in [0.2, 0.25) is 10.0 Å². The van der Waals surface area contributed by atoms with Crippen molar-refractivity contribution in [3.63, 3.8) is 0 Å². The Hall–Kier alpha value is -2.04. The quantitative estimate of drug-likeness (QED) is 0.791. The number of nitrogens with one attached hydrogen (secondary N) is 2. The summed E-state index contributed by atoms with van der Waals surface area (Å²) in [6.07, 6.45) is 0. The Morgan fingerprint density at radius 1 is 0.826 bits per heavy atom. The molecule has 4 nitrogen and oxygen atoms in total. The van der Waals surface area contributed by atoms with Crippen LogP contribution in [-0.4, -0.2) is 11.8 Å². The van der Waals surface area contributed by atoms with Crippen molar-refractivity contribution < 1.29 is 9.59 Å². The zero-order valence-corrected chi connectivity index (χ0v) is 14.2. The molecule has 0 saturated heterocycles. The first kappa shape index (κ1) is 17.3. The van der Waals surface area contributed by atoms with Crippen LogP contribution in [-0.2, 0) is 9.59 Å². The van der Waals surface area contributed by atoms with Gasteiger partial charge in [-0.25, -0.2) is 0 Å². The molecule has 2 amide bonds. The van der Waals surface area contributed by atoms with E-state index in [0.29, 0.717) is 21.4 Å². The third-order valence-electron chi connectivity index (χ3n) is 3.34. The molecule has 0 bridgehead atoms. The van der Waals surface area contributed by atoms with Gasteiger partial charge in [0.05, 0.1) is 10.0 Å². The molecule has 0 saturated carbocycles. The highest BCUT2D eigenvalue weighted by Crippen LogP contribution is 2.27. The molecule has 120 valence electrons. The van der Waals surface area contributed by atoms with Crippen LogP contribution in [0.15, 0.2) is 48.5 Å². The first-order valence-electron chi connectivity index (χ1n) is 6.93. The summed E-state index contributed by atoms with van der Waals surface area (Å²) in [4.78, 5) is 24.8. The molecule has 2 aromatic rings. The highest BCUT2D eigenvalue weighted by Gasteiger charge is 2.36. The van der Waals surface area contributed by atoms with Crippen LogP contribution in [0, 0.1) is 5.41 Å². The van der Waals surface area contributed by atoms with Crippen molar-refractivity contribution >= 4 is 46.4 Å². The number of carbonyl (C=O) groups is 2. The van der Waals surface area contributed by atoms with E-state index in [1.165, 1.54) is 6.07 Å². The number of amides is 2. The van der Waals surface area contributed by atoms with E-state index in [9.17, 15) is 9.59 Å². The molecule has 0 heterocycles. The fraction of sp³-hybridized carbons (Fsp3) is 0.176. The van der Waals surface area contributed by atoms with Crippen LogP contribution in [0.4, 0.5) is 11.4 Å². The van der Waals surface area contributed by atoms with Gasteiger partial charge >= 0.3 is 0 Å². The number of hydrogen-bond acceptors (Lipinski definition) is 2. The van der Waals surface area contributed by atoms with Crippen LogP contribution in [0.5, 0.6) is 0 Å². The third kappa shape index (κ3) is 4.24. The van der Waals surface area contributed by atoms with Gasteiger partial charge in [0.25, 0.3) is 0 Å². The Labute approximate surface area is 144 Å². The standard InChI is InChI=1S/C17H16Cl2N2O2/c1-17(2,15(22)20-11-6-4-3-5-7-11)16(23)21-12-8-9-13(18)14(19)10-12/h3-10H,1-2H3,(H,20,22)(H,21,23). The number of anilines is 2. The molecule has 0 aromatic heterocycles. The molecule has 0 unspecified atom stereocenters. The van der Waals surface area contributed by atoms with E-state index in [-0.39, 0.29) is 0 Å². The van der Waals surface area contributed by atoms with Crippen molar-refractivity contribution in [3.8, 4) is 0 Å². The van der Waals surface area contributed by atoms with Gasteiger partial charge in [0.1, 0.15) is 5.41 Å². The largest absolute Gasteiger partial charge is 0.325 e. The molecule has 2 aromatic carbocycles. The normalized spacial score (nSPS) is 11.0. The number of rotatable bonds is 4. The summed E-state index contributed by atoms with van der Waals surface area (Å²) < 4.78 is 0. The molecule has 0 aliphatic heterocycles. The number of carbonyl (C=O) groups excluding carboxylic acids is 2. The average Bonchev–Trinajstić information content (AvgIpc) is 2.51. The Morgan fingerprint density at radius 3 is 1.96 bits per heavy atom. The van der Waals surface area contributed by atoms with Crippen molar-refractivity contribution in [1.29, 1.82) is 0 Å². The maximum Gasteiger partial charge on any atom is 0.239 e. The van der Waals surface area contributed by atoms with Crippen molar-refractivity contribution in [1.82, 2.24) is 0 Å². The second kappa shape index (κ2) is 7.02. The lowest BCUT2D eigenvalue weighted by molar-refractivity contribution is -0.135. The van der Waals surface area contributed by atoms with Gasteiger partial charge in [0.2, 0.25) is 11.8 Å². The van der Waals surface area contributed by atoms with Crippen molar-refractivity contribution in [2.24, 2.45) is 5.41 Å². The highest BCUT2D eigenvalue weighted by molar-refractivity contribution is 6.42. The lowest BCUT2D eigenvalue weighted by Crippen LogP contribution is -2.41. The minimum absolute atomic E-state index is 0.330. The lowest BCUT2D eigenvalue weighted by atomic mass is 9.90. The molecule has 0 fully saturated rings. The SMILES string of the molecule is CC(C)(C(=O)Nc1ccccc1)C(=O)Nc1ccc(Cl)c(Cl)c1. The highest BCUT2D eigenvalue weighted by atomic mass is 35.5. The van der Waals surface area contributed by atoms with Crippen molar-refractivity contribution in [2.45, 2.75) is 13.8 Å². The summed E-state index contributed by atoms with van der Waals surface area (Å²) in [6, 6.07) is 13.7. The Bertz CT molecular complexity index is 731. The van der Waals surface area contributed by atoms with Gasteiger partial charge in [0.15, 0.2) is 0 Å². The molecule has 6 heteroatoms. The fourth-order valence-electron chi connectivity index (χ4n) is 1.77. The van der Waals surface area contributed by atoms with E-state index < -0.39 is 17.2 Å². The minimum Gasteiger partial charge on any atom is -0.325 e. The van der Waals surface area contributed by atoms with Crippen molar-refractivity contribution in [2.75, 3.05) is 10.6 Å². The molecule has 0 atom stereocenters. The molecule has 2 N–H and O–H groups in total. The first-order valence-corrected chi connectivity index (χ1v) is 7.69. The van der Waals surface area contributed by atoms with E-state index in [2.05, 4.69) is 10.6 Å². The zero-order valence-electron chi connectivity index (χ0n) is 12.7. The van der Waals surface area contributed by atoms with Crippen LogP contribution >= 0.6 is 23.2 Å².